The first-order valence-electron chi connectivity index (χ1n) is 9.01. The lowest BCUT2D eigenvalue weighted by Gasteiger charge is -2.13. The van der Waals surface area contributed by atoms with Crippen molar-refractivity contribution in [3.8, 4) is 5.69 Å². The lowest BCUT2D eigenvalue weighted by Crippen LogP contribution is -2.28. The maximum absolute atomic E-state index is 13.2. The first kappa shape index (κ1) is 17.9. The van der Waals surface area contributed by atoms with Gasteiger partial charge in [-0.15, -0.1) is 10.2 Å². The van der Waals surface area contributed by atoms with Gasteiger partial charge in [0.2, 0.25) is 0 Å². The van der Waals surface area contributed by atoms with Crippen molar-refractivity contribution in [2.45, 2.75) is 26.8 Å². The molecule has 0 fully saturated rings. The molecule has 3 heterocycles. The second-order valence-corrected chi connectivity index (χ2v) is 6.78. The molecule has 28 heavy (non-hydrogen) atoms. The van der Waals surface area contributed by atoms with Gasteiger partial charge in [0, 0.05) is 23.3 Å². The Morgan fingerprint density at radius 1 is 1.11 bits per heavy atom. The van der Waals surface area contributed by atoms with Crippen LogP contribution in [0.4, 0.5) is 4.39 Å². The monoisotopic (exact) mass is 377 g/mol. The molecular weight excluding hydrogens is 357 g/mol. The standard InChI is InChI=1S/C21H20FN5O/c1-13-12-18(15(3)27(13)17-9-7-16(22)8-10-17)21(28)23-14(2)20-25-24-19-6-4-5-11-26(19)20/h4-12,14H,1-3H3,(H,23,28). The topological polar surface area (TPSA) is 64.2 Å². The van der Waals surface area contributed by atoms with Crippen LogP contribution in [0.1, 0.15) is 40.5 Å². The first-order valence-corrected chi connectivity index (χ1v) is 9.01. The maximum Gasteiger partial charge on any atom is 0.253 e. The Kier molecular flexibility index (Phi) is 4.43. The van der Waals surface area contributed by atoms with Crippen LogP contribution in [0.15, 0.2) is 54.7 Å². The number of nitrogens with one attached hydrogen (secondary N) is 1. The van der Waals surface area contributed by atoms with Crippen LogP contribution in [0.2, 0.25) is 0 Å². The van der Waals surface area contributed by atoms with E-state index in [-0.39, 0.29) is 17.8 Å². The Morgan fingerprint density at radius 3 is 2.61 bits per heavy atom. The summed E-state index contributed by atoms with van der Waals surface area (Å²) in [6.45, 7) is 5.67. The van der Waals surface area contributed by atoms with Crippen LogP contribution in [-0.4, -0.2) is 25.1 Å². The number of fused-ring (bicyclic) bond motifs is 1. The van der Waals surface area contributed by atoms with E-state index in [1.807, 2.05) is 60.2 Å². The molecule has 0 saturated heterocycles. The minimum Gasteiger partial charge on any atom is -0.342 e. The van der Waals surface area contributed by atoms with E-state index in [1.54, 1.807) is 12.1 Å². The summed E-state index contributed by atoms with van der Waals surface area (Å²) >= 11 is 0. The number of aryl methyl sites for hydroxylation is 1. The van der Waals surface area contributed by atoms with Crippen molar-refractivity contribution >= 4 is 11.6 Å². The lowest BCUT2D eigenvalue weighted by molar-refractivity contribution is 0.0937. The molecular formula is C21H20FN5O. The van der Waals surface area contributed by atoms with Crippen molar-refractivity contribution in [3.05, 3.63) is 83.3 Å². The van der Waals surface area contributed by atoms with Gasteiger partial charge in [-0.3, -0.25) is 9.20 Å². The quantitative estimate of drug-likeness (QED) is 0.589. The minimum absolute atomic E-state index is 0.193. The maximum atomic E-state index is 13.2. The second-order valence-electron chi connectivity index (χ2n) is 6.78. The molecule has 0 saturated carbocycles. The Balaban J connectivity index is 1.62. The first-order chi connectivity index (χ1) is 13.5. The number of amides is 1. The molecule has 0 aliphatic heterocycles. The van der Waals surface area contributed by atoms with Crippen molar-refractivity contribution in [2.75, 3.05) is 0 Å². The molecule has 0 spiro atoms. The number of carbonyl (C=O) groups excluding carboxylic acids is 1. The molecule has 1 atom stereocenters. The second kappa shape index (κ2) is 6.92. The van der Waals surface area contributed by atoms with Gasteiger partial charge in [0.15, 0.2) is 11.5 Å². The molecule has 1 unspecified atom stereocenters. The summed E-state index contributed by atoms with van der Waals surface area (Å²) in [6.07, 6.45) is 1.87. The third-order valence-electron chi connectivity index (χ3n) is 4.84. The van der Waals surface area contributed by atoms with E-state index in [2.05, 4.69) is 15.5 Å². The molecule has 0 radical (unpaired) electrons. The Morgan fingerprint density at radius 2 is 1.86 bits per heavy atom. The Bertz CT molecular complexity index is 1160. The van der Waals surface area contributed by atoms with Gasteiger partial charge in [0.05, 0.1) is 11.6 Å². The largest absolute Gasteiger partial charge is 0.342 e. The molecule has 4 aromatic rings. The van der Waals surface area contributed by atoms with Gasteiger partial charge in [-0.05, 0) is 63.2 Å². The fraction of sp³-hybridized carbons (Fsp3) is 0.190. The lowest BCUT2D eigenvalue weighted by atomic mass is 10.2. The summed E-state index contributed by atoms with van der Waals surface area (Å²) in [5.74, 6) is 0.177. The van der Waals surface area contributed by atoms with Gasteiger partial charge >= 0.3 is 0 Å². The fourth-order valence-electron chi connectivity index (χ4n) is 3.47. The third-order valence-corrected chi connectivity index (χ3v) is 4.84. The summed E-state index contributed by atoms with van der Waals surface area (Å²) in [4.78, 5) is 12.9. The van der Waals surface area contributed by atoms with Crippen LogP contribution in [0, 0.1) is 19.7 Å². The summed E-state index contributed by atoms with van der Waals surface area (Å²) in [5.41, 5.74) is 3.80. The Hall–Kier alpha value is -3.48. The van der Waals surface area contributed by atoms with Crippen molar-refractivity contribution in [1.82, 2.24) is 24.5 Å². The average Bonchev–Trinajstić information content (AvgIpc) is 3.24. The number of hydrogen-bond donors (Lipinski definition) is 1. The van der Waals surface area contributed by atoms with Crippen molar-refractivity contribution < 1.29 is 9.18 Å². The molecule has 0 aliphatic rings. The van der Waals surface area contributed by atoms with Crippen molar-refractivity contribution in [3.63, 3.8) is 0 Å². The van der Waals surface area contributed by atoms with Crippen LogP contribution in [0.3, 0.4) is 0 Å². The summed E-state index contributed by atoms with van der Waals surface area (Å²) in [6, 6.07) is 13.4. The molecule has 0 bridgehead atoms. The Labute approximate surface area is 161 Å². The molecule has 0 aliphatic carbocycles. The highest BCUT2D eigenvalue weighted by atomic mass is 19.1. The highest BCUT2D eigenvalue weighted by Crippen LogP contribution is 2.22. The van der Waals surface area contributed by atoms with Crippen LogP contribution < -0.4 is 5.32 Å². The van der Waals surface area contributed by atoms with Gasteiger partial charge in [-0.1, -0.05) is 6.07 Å². The summed E-state index contributed by atoms with van der Waals surface area (Å²) < 4.78 is 17.0. The van der Waals surface area contributed by atoms with Crippen LogP contribution in [0.5, 0.6) is 0 Å². The van der Waals surface area contributed by atoms with Crippen LogP contribution in [0.25, 0.3) is 11.3 Å². The molecule has 142 valence electrons. The molecule has 6 nitrogen and oxygen atoms in total. The van der Waals surface area contributed by atoms with E-state index in [4.69, 9.17) is 0 Å². The predicted octanol–water partition coefficient (Wildman–Crippen LogP) is 3.77. The smallest absolute Gasteiger partial charge is 0.253 e. The van der Waals surface area contributed by atoms with Crippen LogP contribution in [-0.2, 0) is 0 Å². The molecule has 1 amide bonds. The van der Waals surface area contributed by atoms with E-state index in [1.165, 1.54) is 12.1 Å². The summed E-state index contributed by atoms with van der Waals surface area (Å²) in [7, 11) is 0. The van der Waals surface area contributed by atoms with E-state index in [0.717, 1.165) is 22.7 Å². The molecule has 1 aromatic carbocycles. The number of carbonyl (C=O) groups is 1. The van der Waals surface area contributed by atoms with E-state index in [0.29, 0.717) is 11.4 Å². The van der Waals surface area contributed by atoms with E-state index >= 15 is 0 Å². The van der Waals surface area contributed by atoms with Gasteiger partial charge in [0.25, 0.3) is 5.91 Å². The molecule has 4 rings (SSSR count). The van der Waals surface area contributed by atoms with E-state index < -0.39 is 0 Å². The van der Waals surface area contributed by atoms with Crippen LogP contribution >= 0.6 is 0 Å². The number of rotatable bonds is 4. The number of nitrogens with zero attached hydrogens (tertiary/aromatic N) is 4. The van der Waals surface area contributed by atoms with E-state index in [9.17, 15) is 9.18 Å². The van der Waals surface area contributed by atoms with Crippen molar-refractivity contribution in [2.24, 2.45) is 0 Å². The predicted molar refractivity (Wildman–Crippen MR) is 104 cm³/mol. The highest BCUT2D eigenvalue weighted by Gasteiger charge is 2.21. The number of halogens is 1. The number of benzene rings is 1. The minimum atomic E-state index is -0.321. The summed E-state index contributed by atoms with van der Waals surface area (Å²) in [5, 5.41) is 11.3. The zero-order valence-electron chi connectivity index (χ0n) is 15.8. The normalized spacial score (nSPS) is 12.3. The zero-order valence-corrected chi connectivity index (χ0v) is 15.8. The SMILES string of the molecule is Cc1cc(C(=O)NC(C)c2nnc3ccccn23)c(C)n1-c1ccc(F)cc1. The molecule has 3 aromatic heterocycles. The van der Waals surface area contributed by atoms with Gasteiger partial charge in [0.1, 0.15) is 5.82 Å². The average molecular weight is 377 g/mol. The number of pyridine rings is 1. The highest BCUT2D eigenvalue weighted by molar-refractivity contribution is 5.96. The molecule has 7 heteroatoms. The number of hydrogen-bond acceptors (Lipinski definition) is 3. The van der Waals surface area contributed by atoms with Gasteiger partial charge in [-0.2, -0.15) is 0 Å². The van der Waals surface area contributed by atoms with Crippen molar-refractivity contribution in [1.29, 1.82) is 0 Å². The fourth-order valence-corrected chi connectivity index (χ4v) is 3.47. The zero-order chi connectivity index (χ0) is 19.8. The van der Waals surface area contributed by atoms with Gasteiger partial charge in [-0.25, -0.2) is 4.39 Å². The van der Waals surface area contributed by atoms with Gasteiger partial charge < -0.3 is 9.88 Å². The molecule has 1 N–H and O–H groups in total. The number of aromatic nitrogens is 4. The third kappa shape index (κ3) is 3.05.